The molecule has 9 nitrogen and oxygen atoms in total. The van der Waals surface area contributed by atoms with Crippen LogP contribution in [-0.4, -0.2) is 31.0 Å². The Kier molecular flexibility index (Phi) is 5.03. The zero-order valence-corrected chi connectivity index (χ0v) is 18.1. The molecule has 0 fully saturated rings. The lowest BCUT2D eigenvalue weighted by atomic mass is 9.89. The predicted octanol–water partition coefficient (Wildman–Crippen LogP) is 4.27. The number of hydrogen-bond donors (Lipinski definition) is 1. The van der Waals surface area contributed by atoms with E-state index in [2.05, 4.69) is 25.6 Å². The molecule has 0 aliphatic carbocycles. The van der Waals surface area contributed by atoms with Crippen LogP contribution in [0, 0.1) is 5.82 Å². The lowest BCUT2D eigenvalue weighted by molar-refractivity contribution is -0.117. The Morgan fingerprint density at radius 3 is 2.54 bits per heavy atom. The highest BCUT2D eigenvalue weighted by atomic mass is 19.1. The van der Waals surface area contributed by atoms with Crippen molar-refractivity contribution in [3.05, 3.63) is 95.8 Å². The third kappa shape index (κ3) is 4.01. The normalized spacial score (nSPS) is 14.9. The fraction of sp³-hybridized carbons (Fsp3) is 0.0800. The van der Waals surface area contributed by atoms with E-state index >= 15 is 0 Å². The Labute approximate surface area is 198 Å². The third-order valence-electron chi connectivity index (χ3n) is 5.63. The van der Waals surface area contributed by atoms with E-state index in [-0.39, 0.29) is 35.9 Å². The SMILES string of the molecule is O=C1Nc2nc(Oc3ccccc3)nc(On3nnc4ccccc43)c2CC1c1ccc(F)cc1. The van der Waals surface area contributed by atoms with Crippen LogP contribution in [-0.2, 0) is 11.2 Å². The minimum atomic E-state index is -0.581. The summed E-state index contributed by atoms with van der Waals surface area (Å²) in [6.07, 6.45) is 0.236. The molecule has 1 atom stereocenters. The lowest BCUT2D eigenvalue weighted by Gasteiger charge is -2.25. The van der Waals surface area contributed by atoms with Crippen molar-refractivity contribution in [1.82, 2.24) is 25.1 Å². The molecule has 0 bridgehead atoms. The number of benzene rings is 3. The molecule has 3 heterocycles. The second kappa shape index (κ2) is 8.49. The van der Waals surface area contributed by atoms with Crippen molar-refractivity contribution in [3.8, 4) is 17.6 Å². The van der Waals surface area contributed by atoms with Gasteiger partial charge in [0.15, 0.2) is 0 Å². The first-order valence-electron chi connectivity index (χ1n) is 10.8. The number of nitrogens with one attached hydrogen (secondary N) is 1. The first kappa shape index (κ1) is 20.7. The van der Waals surface area contributed by atoms with Crippen molar-refractivity contribution in [2.24, 2.45) is 0 Å². The van der Waals surface area contributed by atoms with Gasteiger partial charge in [-0.1, -0.05) is 47.3 Å². The molecule has 10 heteroatoms. The molecule has 5 aromatic rings. The maximum absolute atomic E-state index is 13.4. The van der Waals surface area contributed by atoms with Gasteiger partial charge in [0.25, 0.3) is 5.88 Å². The van der Waals surface area contributed by atoms with Crippen LogP contribution in [0.25, 0.3) is 11.0 Å². The Hall–Kier alpha value is -4.86. The van der Waals surface area contributed by atoms with Gasteiger partial charge in [-0.3, -0.25) is 4.79 Å². The van der Waals surface area contributed by atoms with E-state index in [4.69, 9.17) is 9.57 Å². The van der Waals surface area contributed by atoms with E-state index in [1.54, 1.807) is 24.3 Å². The molecule has 1 aliphatic rings. The Balaban J connectivity index is 1.42. The number of ether oxygens (including phenoxy) is 1. The van der Waals surface area contributed by atoms with Crippen molar-refractivity contribution >= 4 is 22.8 Å². The summed E-state index contributed by atoms with van der Waals surface area (Å²) in [7, 11) is 0. The molecule has 0 spiro atoms. The number of carbonyl (C=O) groups is 1. The number of hydrogen-bond acceptors (Lipinski definition) is 7. The van der Waals surface area contributed by atoms with Gasteiger partial charge < -0.3 is 14.9 Å². The standard InChI is InChI=1S/C25H17FN6O3/c26-16-12-10-15(11-13-16)18-14-19-22(27-23(18)33)28-25(34-17-6-2-1-3-7-17)29-24(19)35-32-21-9-5-4-8-20(21)30-31-32/h1-13,18H,14H2,(H,27,28,29,33). The Bertz CT molecular complexity index is 1540. The summed E-state index contributed by atoms with van der Waals surface area (Å²) in [5.41, 5.74) is 2.50. The Morgan fingerprint density at radius 2 is 1.71 bits per heavy atom. The fourth-order valence-electron chi connectivity index (χ4n) is 3.91. The van der Waals surface area contributed by atoms with E-state index in [1.165, 1.54) is 17.0 Å². The molecule has 6 rings (SSSR count). The number of carbonyl (C=O) groups excluding carboxylic acids is 1. The van der Waals surface area contributed by atoms with E-state index in [0.717, 1.165) is 0 Å². The molecule has 1 unspecified atom stereocenters. The number of anilines is 1. The van der Waals surface area contributed by atoms with Gasteiger partial charge in [0.2, 0.25) is 5.91 Å². The predicted molar refractivity (Wildman–Crippen MR) is 124 cm³/mol. The quantitative estimate of drug-likeness (QED) is 0.411. The molecule has 35 heavy (non-hydrogen) atoms. The topological polar surface area (TPSA) is 104 Å². The molecule has 1 N–H and O–H groups in total. The Morgan fingerprint density at radius 1 is 0.943 bits per heavy atom. The van der Waals surface area contributed by atoms with Crippen molar-refractivity contribution in [1.29, 1.82) is 0 Å². The number of para-hydroxylation sites is 2. The zero-order valence-electron chi connectivity index (χ0n) is 18.1. The maximum atomic E-state index is 13.4. The summed E-state index contributed by atoms with van der Waals surface area (Å²) in [6.45, 7) is 0. The molecule has 172 valence electrons. The number of fused-ring (bicyclic) bond motifs is 2. The highest BCUT2D eigenvalue weighted by Crippen LogP contribution is 2.37. The van der Waals surface area contributed by atoms with Crippen LogP contribution < -0.4 is 14.9 Å². The molecule has 0 saturated heterocycles. The minimum absolute atomic E-state index is 0.00472. The van der Waals surface area contributed by atoms with Gasteiger partial charge in [-0.15, -0.1) is 5.10 Å². The molecule has 2 aromatic heterocycles. The van der Waals surface area contributed by atoms with Gasteiger partial charge in [-0.05, 0) is 53.6 Å². The summed E-state index contributed by atoms with van der Waals surface area (Å²) in [4.78, 5) is 29.1. The summed E-state index contributed by atoms with van der Waals surface area (Å²) in [5, 5.41) is 11.0. The van der Waals surface area contributed by atoms with Crippen molar-refractivity contribution in [2.45, 2.75) is 12.3 Å². The molecule has 1 amide bonds. The average molecular weight is 468 g/mol. The van der Waals surface area contributed by atoms with Gasteiger partial charge >= 0.3 is 6.01 Å². The van der Waals surface area contributed by atoms with Gasteiger partial charge in [-0.2, -0.15) is 9.97 Å². The summed E-state index contributed by atoms with van der Waals surface area (Å²) >= 11 is 0. The zero-order chi connectivity index (χ0) is 23.8. The highest BCUT2D eigenvalue weighted by Gasteiger charge is 2.33. The number of halogens is 1. The number of aromatic nitrogens is 5. The van der Waals surface area contributed by atoms with Crippen LogP contribution in [0.15, 0.2) is 78.9 Å². The molecular formula is C25H17FN6O3. The fourth-order valence-corrected chi connectivity index (χ4v) is 3.91. The number of amides is 1. The highest BCUT2D eigenvalue weighted by molar-refractivity contribution is 5.98. The molecule has 1 aliphatic heterocycles. The van der Waals surface area contributed by atoms with Crippen LogP contribution in [0.5, 0.6) is 17.6 Å². The maximum Gasteiger partial charge on any atom is 0.327 e. The van der Waals surface area contributed by atoms with Crippen LogP contribution in [0.4, 0.5) is 10.2 Å². The van der Waals surface area contributed by atoms with E-state index in [1.807, 2.05) is 42.5 Å². The van der Waals surface area contributed by atoms with Crippen LogP contribution in [0.2, 0.25) is 0 Å². The van der Waals surface area contributed by atoms with Crippen LogP contribution in [0.3, 0.4) is 0 Å². The molecule has 0 saturated carbocycles. The minimum Gasteiger partial charge on any atom is -0.424 e. The second-order valence-electron chi connectivity index (χ2n) is 7.89. The van der Waals surface area contributed by atoms with Crippen LogP contribution in [0.1, 0.15) is 17.0 Å². The smallest absolute Gasteiger partial charge is 0.327 e. The molecule has 0 radical (unpaired) electrons. The van der Waals surface area contributed by atoms with Crippen molar-refractivity contribution < 1.29 is 18.8 Å². The van der Waals surface area contributed by atoms with Gasteiger partial charge in [0, 0.05) is 0 Å². The van der Waals surface area contributed by atoms with Crippen molar-refractivity contribution in [2.75, 3.05) is 5.32 Å². The first-order chi connectivity index (χ1) is 17.1. The first-order valence-corrected chi connectivity index (χ1v) is 10.8. The monoisotopic (exact) mass is 468 g/mol. The van der Waals surface area contributed by atoms with E-state index in [0.29, 0.717) is 27.9 Å². The van der Waals surface area contributed by atoms with Gasteiger partial charge in [-0.25, -0.2) is 4.39 Å². The van der Waals surface area contributed by atoms with Crippen molar-refractivity contribution in [3.63, 3.8) is 0 Å². The lowest BCUT2D eigenvalue weighted by Crippen LogP contribution is -2.30. The molecular weight excluding hydrogens is 451 g/mol. The summed E-state index contributed by atoms with van der Waals surface area (Å²) in [5.74, 6) is -0.278. The van der Waals surface area contributed by atoms with E-state index in [9.17, 15) is 9.18 Å². The third-order valence-corrected chi connectivity index (χ3v) is 5.63. The largest absolute Gasteiger partial charge is 0.424 e. The number of nitrogens with zero attached hydrogens (tertiary/aromatic N) is 5. The summed E-state index contributed by atoms with van der Waals surface area (Å²) < 4.78 is 19.3. The summed E-state index contributed by atoms with van der Waals surface area (Å²) in [6, 6.07) is 22.2. The van der Waals surface area contributed by atoms with Gasteiger partial charge in [0.05, 0.1) is 11.5 Å². The van der Waals surface area contributed by atoms with Crippen LogP contribution >= 0.6 is 0 Å². The second-order valence-corrected chi connectivity index (χ2v) is 7.89. The van der Waals surface area contributed by atoms with E-state index < -0.39 is 5.92 Å². The molecule has 3 aromatic carbocycles. The number of rotatable bonds is 5. The average Bonchev–Trinajstić information content (AvgIpc) is 3.28. The van der Waals surface area contributed by atoms with Gasteiger partial charge in [0.1, 0.15) is 28.4 Å².